The predicted molar refractivity (Wildman–Crippen MR) is 116 cm³/mol. The summed E-state index contributed by atoms with van der Waals surface area (Å²) < 4.78 is 0. The van der Waals surface area contributed by atoms with E-state index >= 15 is 0 Å². The first-order valence-electron chi connectivity index (χ1n) is 10.4. The molecule has 0 saturated heterocycles. The fraction of sp³-hybridized carbons (Fsp3) is 0.304. The highest BCUT2D eigenvalue weighted by Crippen LogP contribution is 2.45. The smallest absolute Gasteiger partial charge is 0.223 e. The van der Waals surface area contributed by atoms with Gasteiger partial charge in [-0.25, -0.2) is 9.97 Å². The van der Waals surface area contributed by atoms with Crippen LogP contribution in [0.5, 0.6) is 0 Å². The number of fused-ring (bicyclic) bond motifs is 4. The number of aromatic amines is 1. The molecule has 1 aromatic carbocycles. The Kier molecular flexibility index (Phi) is 3.78. The summed E-state index contributed by atoms with van der Waals surface area (Å²) in [5.74, 6) is 1.52. The van der Waals surface area contributed by atoms with Gasteiger partial charge in [0.15, 0.2) is 5.82 Å². The van der Waals surface area contributed by atoms with E-state index in [4.69, 9.17) is 15.7 Å². The van der Waals surface area contributed by atoms with Gasteiger partial charge in [-0.15, -0.1) is 0 Å². The summed E-state index contributed by atoms with van der Waals surface area (Å²) in [7, 11) is 0. The number of aliphatic imine (C=N–C) groups is 1. The van der Waals surface area contributed by atoms with E-state index in [-0.39, 0.29) is 23.8 Å². The molecular weight excluding hydrogens is 376 g/mol. The fourth-order valence-corrected chi connectivity index (χ4v) is 5.19. The summed E-state index contributed by atoms with van der Waals surface area (Å²) in [5, 5.41) is 4.71. The second-order valence-electron chi connectivity index (χ2n) is 8.42. The van der Waals surface area contributed by atoms with Crippen molar-refractivity contribution in [1.82, 2.24) is 15.0 Å². The van der Waals surface area contributed by atoms with E-state index in [2.05, 4.69) is 51.7 Å². The van der Waals surface area contributed by atoms with E-state index in [0.29, 0.717) is 24.6 Å². The lowest BCUT2D eigenvalue weighted by molar-refractivity contribution is -0.122. The van der Waals surface area contributed by atoms with Crippen molar-refractivity contribution in [2.45, 2.75) is 25.3 Å². The van der Waals surface area contributed by atoms with Crippen LogP contribution in [0, 0.1) is 17.8 Å². The first kappa shape index (κ1) is 17.4. The summed E-state index contributed by atoms with van der Waals surface area (Å²) in [4.78, 5) is 29.4. The van der Waals surface area contributed by atoms with Crippen molar-refractivity contribution >= 4 is 34.5 Å². The molecule has 4 atom stereocenters. The van der Waals surface area contributed by atoms with Crippen LogP contribution in [0.3, 0.4) is 0 Å². The van der Waals surface area contributed by atoms with E-state index < -0.39 is 0 Å². The van der Waals surface area contributed by atoms with Gasteiger partial charge in [-0.1, -0.05) is 18.2 Å². The van der Waals surface area contributed by atoms with Crippen LogP contribution in [0.2, 0.25) is 0 Å². The highest BCUT2D eigenvalue weighted by Gasteiger charge is 2.47. The highest BCUT2D eigenvalue weighted by atomic mass is 16.1. The van der Waals surface area contributed by atoms with E-state index in [1.54, 1.807) is 0 Å². The molecule has 1 fully saturated rings. The molecule has 7 nitrogen and oxygen atoms in total. The minimum Gasteiger partial charge on any atom is -0.369 e. The van der Waals surface area contributed by atoms with Crippen molar-refractivity contribution < 1.29 is 4.79 Å². The van der Waals surface area contributed by atoms with Crippen LogP contribution in [0.4, 0.5) is 11.5 Å². The minimum absolute atomic E-state index is 0.0450. The van der Waals surface area contributed by atoms with Crippen molar-refractivity contribution in [1.29, 1.82) is 0 Å². The number of carbonyl (C=O) groups excluding carboxylic acids is 1. The van der Waals surface area contributed by atoms with E-state index in [1.165, 1.54) is 5.39 Å². The second-order valence-corrected chi connectivity index (χ2v) is 8.42. The Bertz CT molecular complexity index is 1230. The summed E-state index contributed by atoms with van der Waals surface area (Å²) in [6, 6.07) is 8.37. The number of H-pyrrole nitrogens is 1. The SMILES string of the molecule is NC(=O)C1C2C=CC(C2)C1Nc1nc(Cc2ccc3[nH]ccc3c2)nc2c1N=CC2. The van der Waals surface area contributed by atoms with Gasteiger partial charge in [0.25, 0.3) is 0 Å². The number of rotatable bonds is 5. The zero-order valence-electron chi connectivity index (χ0n) is 16.4. The summed E-state index contributed by atoms with van der Waals surface area (Å²) in [6.07, 6.45) is 10.4. The Balaban J connectivity index is 1.33. The molecule has 30 heavy (non-hydrogen) atoms. The Morgan fingerprint density at radius 1 is 1.20 bits per heavy atom. The summed E-state index contributed by atoms with van der Waals surface area (Å²) >= 11 is 0. The molecule has 150 valence electrons. The zero-order valence-corrected chi connectivity index (χ0v) is 16.4. The van der Waals surface area contributed by atoms with Crippen molar-refractivity contribution in [3.8, 4) is 0 Å². The monoisotopic (exact) mass is 398 g/mol. The molecule has 3 aliphatic rings. The normalized spacial score (nSPS) is 25.9. The van der Waals surface area contributed by atoms with Crippen molar-refractivity contribution in [3.63, 3.8) is 0 Å². The summed E-state index contributed by atoms with van der Waals surface area (Å²) in [5.41, 5.74) is 9.72. The predicted octanol–water partition coefficient (Wildman–Crippen LogP) is 2.90. The maximum absolute atomic E-state index is 12.1. The number of nitrogens with two attached hydrogens (primary N) is 1. The van der Waals surface area contributed by atoms with Gasteiger partial charge in [0.05, 0.1) is 11.6 Å². The highest BCUT2D eigenvalue weighted by molar-refractivity contribution is 5.83. The van der Waals surface area contributed by atoms with Crippen LogP contribution in [-0.4, -0.2) is 33.1 Å². The van der Waals surface area contributed by atoms with Crippen LogP contribution in [0.25, 0.3) is 10.9 Å². The van der Waals surface area contributed by atoms with E-state index in [1.807, 2.05) is 12.4 Å². The van der Waals surface area contributed by atoms with Gasteiger partial charge in [-0.05, 0) is 47.4 Å². The van der Waals surface area contributed by atoms with Crippen molar-refractivity contribution in [2.24, 2.45) is 28.5 Å². The number of primary amides is 1. The van der Waals surface area contributed by atoms with Gasteiger partial charge in [-0.2, -0.15) is 0 Å². The number of nitrogens with one attached hydrogen (secondary N) is 2. The number of nitrogens with zero attached hydrogens (tertiary/aromatic N) is 3. The van der Waals surface area contributed by atoms with Crippen LogP contribution in [-0.2, 0) is 17.6 Å². The lowest BCUT2D eigenvalue weighted by Gasteiger charge is -2.27. The minimum atomic E-state index is -0.251. The molecule has 3 aromatic rings. The second kappa shape index (κ2) is 6.52. The molecular formula is C23H22N6O. The maximum Gasteiger partial charge on any atom is 0.223 e. The average Bonchev–Trinajstić information content (AvgIpc) is 3.50. The number of aromatic nitrogens is 3. The van der Waals surface area contributed by atoms with Gasteiger partial charge in [0.1, 0.15) is 11.5 Å². The van der Waals surface area contributed by atoms with Crippen molar-refractivity contribution in [3.05, 3.63) is 59.7 Å². The van der Waals surface area contributed by atoms with Gasteiger partial charge < -0.3 is 16.0 Å². The number of hydrogen-bond donors (Lipinski definition) is 3. The molecule has 7 heteroatoms. The number of carbonyl (C=O) groups is 1. The fourth-order valence-electron chi connectivity index (χ4n) is 5.19. The first-order chi connectivity index (χ1) is 14.7. The third-order valence-corrected chi connectivity index (χ3v) is 6.58. The van der Waals surface area contributed by atoms with Crippen LogP contribution in [0.1, 0.15) is 23.5 Å². The lowest BCUT2D eigenvalue weighted by Crippen LogP contribution is -2.41. The maximum atomic E-state index is 12.1. The number of anilines is 1. The Morgan fingerprint density at radius 2 is 2.10 bits per heavy atom. The molecule has 0 spiro atoms. The lowest BCUT2D eigenvalue weighted by atomic mass is 9.88. The molecule has 4 N–H and O–H groups in total. The largest absolute Gasteiger partial charge is 0.369 e. The molecule has 1 amide bonds. The van der Waals surface area contributed by atoms with Gasteiger partial charge in [0.2, 0.25) is 5.91 Å². The number of amides is 1. The Labute approximate surface area is 173 Å². The van der Waals surface area contributed by atoms with E-state index in [0.717, 1.165) is 34.7 Å². The molecule has 2 aromatic heterocycles. The van der Waals surface area contributed by atoms with Gasteiger partial charge >= 0.3 is 0 Å². The Hall–Kier alpha value is -3.48. The topological polar surface area (TPSA) is 109 Å². The van der Waals surface area contributed by atoms with E-state index in [9.17, 15) is 4.79 Å². The number of hydrogen-bond acceptors (Lipinski definition) is 5. The Morgan fingerprint density at radius 3 is 3.00 bits per heavy atom. The molecule has 6 rings (SSSR count). The first-order valence-corrected chi connectivity index (χ1v) is 10.4. The molecule has 4 unspecified atom stereocenters. The summed E-state index contributed by atoms with van der Waals surface area (Å²) in [6.45, 7) is 0. The number of allylic oxidation sites excluding steroid dienone is 1. The van der Waals surface area contributed by atoms with Crippen LogP contribution in [0.15, 0.2) is 47.6 Å². The van der Waals surface area contributed by atoms with Gasteiger partial charge in [-0.3, -0.25) is 9.79 Å². The molecule has 1 aliphatic heterocycles. The quantitative estimate of drug-likeness (QED) is 0.574. The average molecular weight is 398 g/mol. The molecule has 1 saturated carbocycles. The standard InChI is InChI=1S/C23H22N6O/c24-22(30)19-14-2-3-15(11-14)20(19)29-23-21-17(6-8-26-21)27-18(28-23)10-12-1-4-16-13(9-12)5-7-25-16/h1-5,7-9,14-15,19-20,25H,6,10-11H2,(H2,24,30)(H,27,28,29). The number of benzene rings is 1. The van der Waals surface area contributed by atoms with Gasteiger partial charge in [0, 0.05) is 36.8 Å². The molecule has 2 aliphatic carbocycles. The molecule has 2 bridgehead atoms. The van der Waals surface area contributed by atoms with Crippen molar-refractivity contribution in [2.75, 3.05) is 5.32 Å². The van der Waals surface area contributed by atoms with Crippen LogP contribution < -0.4 is 11.1 Å². The third-order valence-electron chi connectivity index (χ3n) is 6.58. The third kappa shape index (κ3) is 2.73. The molecule has 3 heterocycles. The van der Waals surface area contributed by atoms with Crippen LogP contribution >= 0.6 is 0 Å². The zero-order chi connectivity index (χ0) is 20.2. The molecule has 0 radical (unpaired) electrons.